The van der Waals surface area contributed by atoms with E-state index < -0.39 is 22.7 Å². The highest BCUT2D eigenvalue weighted by atomic mass is 35.5. The van der Waals surface area contributed by atoms with Crippen LogP contribution in [0.25, 0.3) is 0 Å². The molecule has 1 aromatic carbocycles. The van der Waals surface area contributed by atoms with E-state index in [9.17, 15) is 14.4 Å². The van der Waals surface area contributed by atoms with Crippen LogP contribution in [0.15, 0.2) is 24.3 Å². The number of rotatable bonds is 3. The van der Waals surface area contributed by atoms with E-state index in [1.807, 2.05) is 13.8 Å². The molecular weight excluding hydrogens is 268 g/mol. The van der Waals surface area contributed by atoms with E-state index in [-0.39, 0.29) is 5.92 Å². The average molecular weight is 281 g/mol. The van der Waals surface area contributed by atoms with Gasteiger partial charge in [0.25, 0.3) is 11.1 Å². The van der Waals surface area contributed by atoms with Crippen LogP contribution in [0.4, 0.5) is 4.79 Å². The molecule has 0 bridgehead atoms. The van der Waals surface area contributed by atoms with Crippen molar-refractivity contribution in [2.45, 2.75) is 19.4 Å². The molecule has 1 saturated heterocycles. The van der Waals surface area contributed by atoms with Crippen LogP contribution in [0.3, 0.4) is 0 Å². The Morgan fingerprint density at radius 3 is 2.16 bits per heavy atom. The van der Waals surface area contributed by atoms with Gasteiger partial charge in [-0.3, -0.25) is 14.9 Å². The van der Waals surface area contributed by atoms with Crippen molar-refractivity contribution in [3.05, 3.63) is 35.4 Å². The first-order valence-corrected chi connectivity index (χ1v) is 6.19. The first-order valence-electron chi connectivity index (χ1n) is 5.82. The SMILES string of the molecule is CC(C)C1(c2ccc(C(=O)Cl)cc2)NC(=O)NC1=O. The summed E-state index contributed by atoms with van der Waals surface area (Å²) in [5.41, 5.74) is -0.146. The molecular formula is C13H13ClN2O3. The second kappa shape index (κ2) is 4.66. The molecule has 19 heavy (non-hydrogen) atoms. The summed E-state index contributed by atoms with van der Waals surface area (Å²) in [6.07, 6.45) is 0. The van der Waals surface area contributed by atoms with Gasteiger partial charge in [0.1, 0.15) is 5.54 Å². The lowest BCUT2D eigenvalue weighted by atomic mass is 9.80. The fraction of sp³-hybridized carbons (Fsp3) is 0.308. The largest absolute Gasteiger partial charge is 0.322 e. The van der Waals surface area contributed by atoms with Crippen LogP contribution in [0.5, 0.6) is 0 Å². The van der Waals surface area contributed by atoms with Gasteiger partial charge in [-0.25, -0.2) is 4.79 Å². The molecule has 6 heteroatoms. The number of amides is 3. The lowest BCUT2D eigenvalue weighted by Crippen LogP contribution is -2.48. The minimum absolute atomic E-state index is 0.142. The second-order valence-electron chi connectivity index (χ2n) is 4.72. The zero-order valence-electron chi connectivity index (χ0n) is 10.5. The van der Waals surface area contributed by atoms with Gasteiger partial charge in [0.15, 0.2) is 0 Å². The highest BCUT2D eigenvalue weighted by Crippen LogP contribution is 2.32. The Morgan fingerprint density at radius 1 is 1.21 bits per heavy atom. The van der Waals surface area contributed by atoms with Crippen molar-refractivity contribution >= 4 is 28.8 Å². The van der Waals surface area contributed by atoms with Crippen molar-refractivity contribution < 1.29 is 14.4 Å². The van der Waals surface area contributed by atoms with Crippen LogP contribution in [-0.2, 0) is 10.3 Å². The Balaban J connectivity index is 2.49. The number of urea groups is 1. The van der Waals surface area contributed by atoms with Crippen molar-refractivity contribution in [2.75, 3.05) is 0 Å². The van der Waals surface area contributed by atoms with E-state index in [4.69, 9.17) is 11.6 Å². The number of benzene rings is 1. The molecule has 1 atom stereocenters. The number of nitrogens with one attached hydrogen (secondary N) is 2. The highest BCUT2D eigenvalue weighted by molar-refractivity contribution is 6.67. The van der Waals surface area contributed by atoms with Crippen LogP contribution in [0.2, 0.25) is 0 Å². The number of carbonyl (C=O) groups is 3. The lowest BCUT2D eigenvalue weighted by molar-refractivity contribution is -0.125. The molecule has 1 unspecified atom stereocenters. The number of imide groups is 1. The molecule has 1 aliphatic heterocycles. The third kappa shape index (κ3) is 2.10. The van der Waals surface area contributed by atoms with Crippen LogP contribution < -0.4 is 10.6 Å². The third-order valence-corrected chi connectivity index (χ3v) is 3.55. The second-order valence-corrected chi connectivity index (χ2v) is 5.07. The minimum atomic E-state index is -1.11. The van der Waals surface area contributed by atoms with Crippen LogP contribution in [0, 0.1) is 5.92 Å². The van der Waals surface area contributed by atoms with Gasteiger partial charge in [0, 0.05) is 5.56 Å². The molecule has 5 nitrogen and oxygen atoms in total. The van der Waals surface area contributed by atoms with Crippen molar-refractivity contribution in [1.82, 2.24) is 10.6 Å². The molecule has 2 rings (SSSR count). The van der Waals surface area contributed by atoms with Gasteiger partial charge < -0.3 is 5.32 Å². The number of carbonyl (C=O) groups excluding carboxylic acids is 3. The highest BCUT2D eigenvalue weighted by Gasteiger charge is 2.49. The Kier molecular flexibility index (Phi) is 3.32. The van der Waals surface area contributed by atoms with Gasteiger partial charge in [0.2, 0.25) is 0 Å². The molecule has 1 aliphatic rings. The fourth-order valence-electron chi connectivity index (χ4n) is 2.28. The van der Waals surface area contributed by atoms with E-state index in [2.05, 4.69) is 10.6 Å². The van der Waals surface area contributed by atoms with Crippen LogP contribution in [-0.4, -0.2) is 17.2 Å². The first kappa shape index (κ1) is 13.5. The molecule has 2 N–H and O–H groups in total. The van der Waals surface area contributed by atoms with Crippen LogP contribution >= 0.6 is 11.6 Å². The molecule has 100 valence electrons. The Morgan fingerprint density at radius 2 is 1.79 bits per heavy atom. The van der Waals surface area contributed by atoms with Crippen LogP contribution in [0.1, 0.15) is 29.8 Å². The number of hydrogen-bond donors (Lipinski definition) is 2. The summed E-state index contributed by atoms with van der Waals surface area (Å²) < 4.78 is 0. The van der Waals surface area contributed by atoms with E-state index in [0.717, 1.165) is 0 Å². The summed E-state index contributed by atoms with van der Waals surface area (Å²) in [7, 11) is 0. The summed E-state index contributed by atoms with van der Waals surface area (Å²) in [5.74, 6) is -0.533. The summed E-state index contributed by atoms with van der Waals surface area (Å²) in [4.78, 5) is 34.5. The number of hydrogen-bond acceptors (Lipinski definition) is 3. The van der Waals surface area contributed by atoms with Crippen molar-refractivity contribution in [3.63, 3.8) is 0 Å². The maximum absolute atomic E-state index is 12.1. The summed E-state index contributed by atoms with van der Waals surface area (Å²) in [6, 6.07) is 5.80. The van der Waals surface area contributed by atoms with Crippen molar-refractivity contribution in [1.29, 1.82) is 0 Å². The fourth-order valence-corrected chi connectivity index (χ4v) is 2.40. The van der Waals surface area contributed by atoms with E-state index >= 15 is 0 Å². The zero-order valence-corrected chi connectivity index (χ0v) is 11.2. The smallest absolute Gasteiger partial charge is 0.319 e. The molecule has 0 spiro atoms. The Labute approximate surface area is 115 Å². The Hall–Kier alpha value is -1.88. The molecule has 1 fully saturated rings. The minimum Gasteiger partial charge on any atom is -0.319 e. The lowest BCUT2D eigenvalue weighted by Gasteiger charge is -2.30. The molecule has 0 aromatic heterocycles. The quantitative estimate of drug-likeness (QED) is 0.654. The predicted octanol–water partition coefficient (Wildman–Crippen LogP) is 1.76. The van der Waals surface area contributed by atoms with Gasteiger partial charge in [-0.2, -0.15) is 0 Å². The molecule has 0 radical (unpaired) electrons. The Bertz CT molecular complexity index is 554. The van der Waals surface area contributed by atoms with Crippen molar-refractivity contribution in [2.24, 2.45) is 5.92 Å². The molecule has 1 heterocycles. The summed E-state index contributed by atoms with van der Waals surface area (Å²) >= 11 is 5.38. The third-order valence-electron chi connectivity index (χ3n) is 3.33. The first-order chi connectivity index (χ1) is 8.87. The monoisotopic (exact) mass is 280 g/mol. The normalized spacial score (nSPS) is 22.3. The molecule has 0 aliphatic carbocycles. The maximum atomic E-state index is 12.1. The van der Waals surface area contributed by atoms with E-state index in [1.54, 1.807) is 12.1 Å². The average Bonchev–Trinajstić information content (AvgIpc) is 2.65. The summed E-state index contributed by atoms with van der Waals surface area (Å²) in [6.45, 7) is 3.68. The van der Waals surface area contributed by atoms with Gasteiger partial charge in [-0.05, 0) is 35.2 Å². The van der Waals surface area contributed by atoms with E-state index in [0.29, 0.717) is 11.1 Å². The molecule has 1 aromatic rings. The van der Waals surface area contributed by atoms with Crippen molar-refractivity contribution in [3.8, 4) is 0 Å². The van der Waals surface area contributed by atoms with E-state index in [1.165, 1.54) is 12.1 Å². The maximum Gasteiger partial charge on any atom is 0.322 e. The molecule has 0 saturated carbocycles. The van der Waals surface area contributed by atoms with Gasteiger partial charge >= 0.3 is 6.03 Å². The zero-order chi connectivity index (χ0) is 14.2. The standard InChI is InChI=1S/C13H13ClN2O3/c1-7(2)13(11(18)15-12(19)16-13)9-5-3-8(4-6-9)10(14)17/h3-7H,1-2H3,(H2,15,16,18,19). The summed E-state index contributed by atoms with van der Waals surface area (Å²) in [5, 5.41) is 4.34. The topological polar surface area (TPSA) is 75.3 Å². The van der Waals surface area contributed by atoms with Gasteiger partial charge in [0.05, 0.1) is 0 Å². The van der Waals surface area contributed by atoms with Gasteiger partial charge in [-0.1, -0.05) is 26.0 Å². The molecule has 3 amide bonds. The van der Waals surface area contributed by atoms with Gasteiger partial charge in [-0.15, -0.1) is 0 Å². The predicted molar refractivity (Wildman–Crippen MR) is 69.8 cm³/mol. The number of halogens is 1.